The molecule has 3 saturated carbocycles. The van der Waals surface area contributed by atoms with Crippen LogP contribution in [0.15, 0.2) is 36.0 Å². The van der Waals surface area contributed by atoms with Gasteiger partial charge in [-0.25, -0.2) is 9.07 Å². The first-order chi connectivity index (χ1) is 17.9. The van der Waals surface area contributed by atoms with Crippen LogP contribution in [0.3, 0.4) is 0 Å². The molecular formula is C30H35FN2O4S. The number of carbonyl (C=O) groups excluding carboxylic acids is 1. The molecule has 8 atom stereocenters. The number of aromatic nitrogens is 2. The van der Waals surface area contributed by atoms with Crippen LogP contribution in [0, 0.1) is 34.4 Å². The Bertz CT molecular complexity index is 1370. The van der Waals surface area contributed by atoms with E-state index < -0.39 is 22.9 Å². The van der Waals surface area contributed by atoms with Crippen molar-refractivity contribution in [3.63, 3.8) is 0 Å². The van der Waals surface area contributed by atoms with E-state index in [2.05, 4.69) is 37.7 Å². The molecule has 8 heteroatoms. The zero-order valence-electron chi connectivity index (χ0n) is 22.3. The van der Waals surface area contributed by atoms with Crippen molar-refractivity contribution in [3.8, 4) is 5.69 Å². The molecule has 4 aliphatic carbocycles. The molecule has 6 nitrogen and oxygen atoms in total. The van der Waals surface area contributed by atoms with Crippen molar-refractivity contribution in [1.82, 2.24) is 9.78 Å². The zero-order valence-corrected chi connectivity index (χ0v) is 23.2. The first kappa shape index (κ1) is 25.0. The molecule has 1 saturated heterocycles. The Morgan fingerprint density at radius 2 is 1.95 bits per heavy atom. The van der Waals surface area contributed by atoms with E-state index in [0.717, 1.165) is 42.6 Å². The molecule has 202 valence electrons. The molecule has 7 rings (SSSR count). The molecule has 0 spiro atoms. The third-order valence-electron chi connectivity index (χ3n) is 10.8. The second kappa shape index (κ2) is 7.80. The second-order valence-electron chi connectivity index (χ2n) is 13.1. The van der Waals surface area contributed by atoms with E-state index >= 15 is 0 Å². The Kier molecular flexibility index (Phi) is 5.13. The fraction of sp³-hybridized carbons (Fsp3) is 0.600. The summed E-state index contributed by atoms with van der Waals surface area (Å²) < 4.78 is 28.2. The number of hydrogen-bond acceptors (Lipinski definition) is 5. The molecule has 1 aliphatic heterocycles. The monoisotopic (exact) mass is 538 g/mol. The van der Waals surface area contributed by atoms with Gasteiger partial charge in [0, 0.05) is 5.41 Å². The molecule has 1 aromatic heterocycles. The maximum atomic E-state index is 13.5. The number of nitrogens with zero attached hydrogens (tertiary/aromatic N) is 2. The summed E-state index contributed by atoms with van der Waals surface area (Å²) in [5.74, 6) is -0.645. The molecule has 1 N–H and O–H groups in total. The van der Waals surface area contributed by atoms with Crippen LogP contribution in [0.5, 0.6) is 0 Å². The normalized spacial score (nSPS) is 42.4. The number of halogens is 1. The number of hydrogen-bond donors (Lipinski definition) is 2. The number of thiol groups is 1. The van der Waals surface area contributed by atoms with E-state index in [4.69, 9.17) is 9.47 Å². The molecule has 0 unspecified atom stereocenters. The van der Waals surface area contributed by atoms with Gasteiger partial charge in [-0.05, 0) is 105 Å². The SMILES string of the molecule is CC1(C)O[C@@H]2C[C@H]3[C@@H]4CCC5=Cc6c(cnn6-c6ccc(F)cc6)C[C@]5(C)[C@H]4[C@@H](O)C[C@]3(C)[C@]2(C(=O)S)O1. The van der Waals surface area contributed by atoms with Crippen LogP contribution in [0.2, 0.25) is 0 Å². The summed E-state index contributed by atoms with van der Waals surface area (Å²) in [5.41, 5.74) is 2.42. The predicted octanol–water partition coefficient (Wildman–Crippen LogP) is 5.12. The Balaban J connectivity index is 1.26. The van der Waals surface area contributed by atoms with Gasteiger partial charge in [0.25, 0.3) is 0 Å². The minimum Gasteiger partial charge on any atom is -0.393 e. The number of fused-ring (bicyclic) bond motifs is 8. The summed E-state index contributed by atoms with van der Waals surface area (Å²) >= 11 is 4.35. The van der Waals surface area contributed by atoms with Gasteiger partial charge in [-0.2, -0.15) is 5.10 Å². The Morgan fingerprint density at radius 3 is 2.66 bits per heavy atom. The van der Waals surface area contributed by atoms with E-state index in [1.165, 1.54) is 17.7 Å². The van der Waals surface area contributed by atoms with Gasteiger partial charge in [-0.1, -0.05) is 19.4 Å². The largest absolute Gasteiger partial charge is 0.393 e. The first-order valence-corrected chi connectivity index (χ1v) is 14.2. The molecule has 0 radical (unpaired) electrons. The molecule has 4 fully saturated rings. The summed E-state index contributed by atoms with van der Waals surface area (Å²) in [6.07, 6.45) is 7.09. The maximum Gasteiger partial charge on any atom is 0.221 e. The molecule has 5 aliphatic rings. The van der Waals surface area contributed by atoms with Crippen LogP contribution in [-0.2, 0) is 20.7 Å². The lowest BCUT2D eigenvalue weighted by atomic mass is 9.45. The summed E-state index contributed by atoms with van der Waals surface area (Å²) in [4.78, 5) is 13.2. The van der Waals surface area contributed by atoms with Crippen LogP contribution in [-0.4, -0.2) is 43.6 Å². The van der Waals surface area contributed by atoms with Gasteiger partial charge in [0.1, 0.15) is 5.82 Å². The quantitative estimate of drug-likeness (QED) is 0.520. The number of ether oxygens (including phenoxy) is 2. The Labute approximate surface area is 228 Å². The van der Waals surface area contributed by atoms with Gasteiger partial charge in [0.15, 0.2) is 11.4 Å². The zero-order chi connectivity index (χ0) is 26.8. The fourth-order valence-electron chi connectivity index (χ4n) is 9.44. The van der Waals surface area contributed by atoms with Crippen LogP contribution in [0.1, 0.15) is 64.6 Å². The highest BCUT2D eigenvalue weighted by Gasteiger charge is 2.76. The molecule has 38 heavy (non-hydrogen) atoms. The highest BCUT2D eigenvalue weighted by atomic mass is 32.1. The standard InChI is InChI=1S/C30H35FN2O4S/c1-27(2)36-24-12-21-20-10-5-17-11-22-16(15-32-33(22)19-8-6-18(31)7-9-19)13-28(17,3)25(20)23(34)14-29(21,4)30(24,37-27)26(35)38/h6-9,11,15,20-21,23-25,34H,5,10,12-14H2,1-4H3,(H,35,38)/t20-,21-,23-,24+,25+,28-,29-,30-/m0/s1. The van der Waals surface area contributed by atoms with Gasteiger partial charge < -0.3 is 14.6 Å². The third kappa shape index (κ3) is 3.06. The summed E-state index contributed by atoms with van der Waals surface area (Å²) in [7, 11) is 0. The van der Waals surface area contributed by atoms with Crippen molar-refractivity contribution in [1.29, 1.82) is 0 Å². The highest BCUT2D eigenvalue weighted by molar-refractivity contribution is 7.96. The number of benzene rings is 1. The van der Waals surface area contributed by atoms with Crippen molar-refractivity contribution >= 4 is 23.8 Å². The van der Waals surface area contributed by atoms with E-state index in [1.54, 1.807) is 12.1 Å². The van der Waals surface area contributed by atoms with E-state index in [9.17, 15) is 14.3 Å². The van der Waals surface area contributed by atoms with Crippen molar-refractivity contribution in [2.24, 2.45) is 28.6 Å². The highest BCUT2D eigenvalue weighted by Crippen LogP contribution is 2.70. The topological polar surface area (TPSA) is 73.6 Å². The minimum absolute atomic E-state index is 0.0572. The lowest BCUT2D eigenvalue weighted by Crippen LogP contribution is -2.63. The van der Waals surface area contributed by atoms with Crippen LogP contribution in [0.4, 0.5) is 4.39 Å². The maximum absolute atomic E-state index is 13.5. The molecule has 2 aromatic rings. The summed E-state index contributed by atoms with van der Waals surface area (Å²) in [5, 5.41) is 16.3. The lowest BCUT2D eigenvalue weighted by Gasteiger charge is -2.60. The van der Waals surface area contributed by atoms with Gasteiger partial charge >= 0.3 is 0 Å². The average Bonchev–Trinajstić information content (AvgIpc) is 3.44. The number of aliphatic hydroxyl groups is 1. The van der Waals surface area contributed by atoms with Crippen molar-refractivity contribution in [3.05, 3.63) is 53.1 Å². The summed E-state index contributed by atoms with van der Waals surface area (Å²) in [6, 6.07) is 6.41. The first-order valence-electron chi connectivity index (χ1n) is 13.7. The smallest absolute Gasteiger partial charge is 0.221 e. The van der Waals surface area contributed by atoms with Crippen molar-refractivity contribution in [2.45, 2.75) is 83.4 Å². The van der Waals surface area contributed by atoms with E-state index in [1.807, 2.05) is 24.7 Å². The molecular weight excluding hydrogens is 503 g/mol. The van der Waals surface area contributed by atoms with Crippen LogP contribution < -0.4 is 0 Å². The molecule has 1 aromatic carbocycles. The van der Waals surface area contributed by atoms with E-state index in [-0.39, 0.29) is 40.2 Å². The summed E-state index contributed by atoms with van der Waals surface area (Å²) in [6.45, 7) is 8.13. The molecule has 0 bridgehead atoms. The number of aliphatic hydroxyl groups excluding tert-OH is 1. The molecule has 0 amide bonds. The van der Waals surface area contributed by atoms with Gasteiger partial charge in [0.05, 0.1) is 29.8 Å². The number of rotatable bonds is 2. The fourth-order valence-corrected chi connectivity index (χ4v) is 9.88. The Hall–Kier alpha value is -2.00. The Morgan fingerprint density at radius 1 is 1.21 bits per heavy atom. The van der Waals surface area contributed by atoms with Crippen molar-refractivity contribution in [2.75, 3.05) is 0 Å². The minimum atomic E-state index is -1.15. The number of carbonyl (C=O) groups is 1. The predicted molar refractivity (Wildman–Crippen MR) is 143 cm³/mol. The van der Waals surface area contributed by atoms with Crippen molar-refractivity contribution < 1.29 is 23.8 Å². The van der Waals surface area contributed by atoms with Gasteiger partial charge in [-0.15, -0.1) is 12.6 Å². The van der Waals surface area contributed by atoms with Crippen LogP contribution >= 0.6 is 12.6 Å². The average molecular weight is 539 g/mol. The van der Waals surface area contributed by atoms with E-state index in [0.29, 0.717) is 6.42 Å². The molecule has 2 heterocycles. The van der Waals surface area contributed by atoms with Crippen LogP contribution in [0.25, 0.3) is 11.8 Å². The second-order valence-corrected chi connectivity index (χ2v) is 13.5. The van der Waals surface area contributed by atoms with Gasteiger partial charge in [0.2, 0.25) is 5.12 Å². The lowest BCUT2D eigenvalue weighted by molar-refractivity contribution is -0.222. The van der Waals surface area contributed by atoms with Gasteiger partial charge in [-0.3, -0.25) is 4.79 Å². The third-order valence-corrected chi connectivity index (χ3v) is 11.1. The number of allylic oxidation sites excluding steroid dienone is 1.